The van der Waals surface area contributed by atoms with Gasteiger partial charge in [-0.1, -0.05) is 30.7 Å². The van der Waals surface area contributed by atoms with Crippen LogP contribution in [0.15, 0.2) is 18.2 Å². The first kappa shape index (κ1) is 13.6. The monoisotopic (exact) mass is 247 g/mol. The fourth-order valence-electron chi connectivity index (χ4n) is 3.07. The molecule has 2 rings (SSSR count). The SMILES string of the molecule is CCNC(c1ccc(C)cc1C)C1CCOC1C. The van der Waals surface area contributed by atoms with Crippen LogP contribution in [0.25, 0.3) is 0 Å². The minimum atomic E-state index is 0.356. The zero-order chi connectivity index (χ0) is 13.1. The van der Waals surface area contributed by atoms with Gasteiger partial charge < -0.3 is 10.1 Å². The van der Waals surface area contributed by atoms with Crippen LogP contribution in [0.3, 0.4) is 0 Å². The van der Waals surface area contributed by atoms with Crippen LogP contribution in [-0.4, -0.2) is 19.3 Å². The Morgan fingerprint density at radius 2 is 2.17 bits per heavy atom. The predicted molar refractivity (Wildman–Crippen MR) is 75.9 cm³/mol. The summed E-state index contributed by atoms with van der Waals surface area (Å²) in [7, 11) is 0. The molecule has 0 amide bonds. The van der Waals surface area contributed by atoms with E-state index in [9.17, 15) is 0 Å². The van der Waals surface area contributed by atoms with Crippen LogP contribution in [-0.2, 0) is 4.74 Å². The molecule has 18 heavy (non-hydrogen) atoms. The highest BCUT2D eigenvalue weighted by Gasteiger charge is 2.32. The molecule has 1 aromatic rings. The topological polar surface area (TPSA) is 21.3 Å². The Morgan fingerprint density at radius 3 is 2.72 bits per heavy atom. The Bertz CT molecular complexity index is 402. The van der Waals surface area contributed by atoms with Crippen LogP contribution < -0.4 is 5.32 Å². The normalized spacial score (nSPS) is 25.3. The lowest BCUT2D eigenvalue weighted by molar-refractivity contribution is 0.0955. The average Bonchev–Trinajstić information content (AvgIpc) is 2.73. The van der Waals surface area contributed by atoms with Crippen molar-refractivity contribution in [2.45, 2.75) is 46.3 Å². The van der Waals surface area contributed by atoms with Crippen molar-refractivity contribution in [1.82, 2.24) is 5.32 Å². The van der Waals surface area contributed by atoms with Gasteiger partial charge in [-0.05, 0) is 44.9 Å². The zero-order valence-corrected chi connectivity index (χ0v) is 12.0. The number of nitrogens with one attached hydrogen (secondary N) is 1. The molecule has 2 nitrogen and oxygen atoms in total. The van der Waals surface area contributed by atoms with Crippen LogP contribution in [0.5, 0.6) is 0 Å². The smallest absolute Gasteiger partial charge is 0.0594 e. The highest BCUT2D eigenvalue weighted by molar-refractivity contribution is 5.33. The third-order valence-electron chi connectivity index (χ3n) is 4.05. The molecule has 0 bridgehead atoms. The number of hydrogen-bond acceptors (Lipinski definition) is 2. The van der Waals surface area contributed by atoms with Crippen molar-refractivity contribution in [1.29, 1.82) is 0 Å². The summed E-state index contributed by atoms with van der Waals surface area (Å²) < 4.78 is 5.74. The molecule has 3 atom stereocenters. The van der Waals surface area contributed by atoms with Crippen molar-refractivity contribution in [3.8, 4) is 0 Å². The minimum Gasteiger partial charge on any atom is -0.378 e. The molecule has 0 spiro atoms. The number of aryl methyl sites for hydroxylation is 2. The molecule has 3 unspecified atom stereocenters. The van der Waals surface area contributed by atoms with E-state index in [1.54, 1.807) is 0 Å². The van der Waals surface area contributed by atoms with Gasteiger partial charge >= 0.3 is 0 Å². The van der Waals surface area contributed by atoms with Crippen molar-refractivity contribution < 1.29 is 4.74 Å². The van der Waals surface area contributed by atoms with Gasteiger partial charge in [-0.2, -0.15) is 0 Å². The van der Waals surface area contributed by atoms with Gasteiger partial charge in [0.1, 0.15) is 0 Å². The number of ether oxygens (including phenoxy) is 1. The van der Waals surface area contributed by atoms with Gasteiger partial charge in [0.05, 0.1) is 6.10 Å². The van der Waals surface area contributed by atoms with Gasteiger partial charge in [0.25, 0.3) is 0 Å². The van der Waals surface area contributed by atoms with Crippen LogP contribution in [0.4, 0.5) is 0 Å². The van der Waals surface area contributed by atoms with Gasteiger partial charge in [-0.3, -0.25) is 0 Å². The summed E-state index contributed by atoms with van der Waals surface area (Å²) in [5, 5.41) is 3.65. The second-order valence-electron chi connectivity index (χ2n) is 5.42. The van der Waals surface area contributed by atoms with E-state index in [-0.39, 0.29) is 0 Å². The average molecular weight is 247 g/mol. The molecule has 0 aliphatic carbocycles. The lowest BCUT2D eigenvalue weighted by Crippen LogP contribution is -2.32. The second-order valence-corrected chi connectivity index (χ2v) is 5.42. The van der Waals surface area contributed by atoms with Crippen molar-refractivity contribution in [2.75, 3.05) is 13.2 Å². The van der Waals surface area contributed by atoms with E-state index in [4.69, 9.17) is 4.74 Å². The maximum absolute atomic E-state index is 5.74. The van der Waals surface area contributed by atoms with E-state index in [1.165, 1.54) is 16.7 Å². The molecule has 1 fully saturated rings. The highest BCUT2D eigenvalue weighted by Crippen LogP contribution is 2.34. The van der Waals surface area contributed by atoms with E-state index in [2.05, 4.69) is 51.2 Å². The van der Waals surface area contributed by atoms with E-state index >= 15 is 0 Å². The summed E-state index contributed by atoms with van der Waals surface area (Å²) in [5.41, 5.74) is 4.16. The molecule has 1 N–H and O–H groups in total. The molecule has 0 aromatic heterocycles. The molecular weight excluding hydrogens is 222 g/mol. The molecular formula is C16H25NO. The van der Waals surface area contributed by atoms with E-state index < -0.39 is 0 Å². The lowest BCUT2D eigenvalue weighted by Gasteiger charge is -2.28. The molecule has 1 saturated heterocycles. The number of hydrogen-bond donors (Lipinski definition) is 1. The Labute approximate surface area is 111 Å². The Balaban J connectivity index is 2.28. The van der Waals surface area contributed by atoms with Crippen molar-refractivity contribution in [3.63, 3.8) is 0 Å². The highest BCUT2D eigenvalue weighted by atomic mass is 16.5. The van der Waals surface area contributed by atoms with Crippen molar-refractivity contribution in [2.24, 2.45) is 5.92 Å². The molecule has 0 radical (unpaired) electrons. The molecule has 2 heteroatoms. The minimum absolute atomic E-state index is 0.356. The molecule has 1 aliphatic heterocycles. The third kappa shape index (κ3) is 2.76. The Morgan fingerprint density at radius 1 is 1.39 bits per heavy atom. The Kier molecular flexibility index (Phi) is 4.41. The van der Waals surface area contributed by atoms with Crippen LogP contribution >= 0.6 is 0 Å². The summed E-state index contributed by atoms with van der Waals surface area (Å²) >= 11 is 0. The zero-order valence-electron chi connectivity index (χ0n) is 12.0. The van der Waals surface area contributed by atoms with Gasteiger partial charge in [-0.15, -0.1) is 0 Å². The number of rotatable bonds is 4. The first-order valence-electron chi connectivity index (χ1n) is 7.05. The number of benzene rings is 1. The molecule has 1 heterocycles. The van der Waals surface area contributed by atoms with Crippen molar-refractivity contribution >= 4 is 0 Å². The summed E-state index contributed by atoms with van der Waals surface area (Å²) in [6.45, 7) is 10.6. The summed E-state index contributed by atoms with van der Waals surface area (Å²) in [5.74, 6) is 0.589. The standard InChI is InChI=1S/C16H25NO/c1-5-17-16(15-8-9-18-13(15)4)14-7-6-11(2)10-12(14)3/h6-7,10,13,15-17H,5,8-9H2,1-4H3. The van der Waals surface area contributed by atoms with Gasteiger partial charge in [0.2, 0.25) is 0 Å². The Hall–Kier alpha value is -0.860. The largest absolute Gasteiger partial charge is 0.378 e. The van der Waals surface area contributed by atoms with E-state index in [1.807, 2.05) is 0 Å². The summed E-state index contributed by atoms with van der Waals surface area (Å²) in [6, 6.07) is 7.20. The molecule has 1 aliphatic rings. The maximum atomic E-state index is 5.74. The van der Waals surface area contributed by atoms with Crippen LogP contribution in [0.1, 0.15) is 43.0 Å². The molecule has 0 saturated carbocycles. The fourth-order valence-corrected chi connectivity index (χ4v) is 3.07. The third-order valence-corrected chi connectivity index (χ3v) is 4.05. The summed E-state index contributed by atoms with van der Waals surface area (Å²) in [6.07, 6.45) is 1.52. The van der Waals surface area contributed by atoms with Gasteiger partial charge in [-0.25, -0.2) is 0 Å². The molecule has 1 aromatic carbocycles. The summed E-state index contributed by atoms with van der Waals surface area (Å²) in [4.78, 5) is 0. The van der Waals surface area contributed by atoms with Crippen LogP contribution in [0, 0.1) is 19.8 Å². The maximum Gasteiger partial charge on any atom is 0.0594 e. The lowest BCUT2D eigenvalue weighted by atomic mass is 9.86. The predicted octanol–water partition coefficient (Wildman–Crippen LogP) is 3.38. The van der Waals surface area contributed by atoms with Gasteiger partial charge in [0.15, 0.2) is 0 Å². The van der Waals surface area contributed by atoms with E-state index in [0.717, 1.165) is 19.6 Å². The van der Waals surface area contributed by atoms with E-state index in [0.29, 0.717) is 18.1 Å². The quantitative estimate of drug-likeness (QED) is 0.880. The van der Waals surface area contributed by atoms with Crippen LogP contribution in [0.2, 0.25) is 0 Å². The van der Waals surface area contributed by atoms with Gasteiger partial charge in [0, 0.05) is 18.6 Å². The van der Waals surface area contributed by atoms with Crippen molar-refractivity contribution in [3.05, 3.63) is 34.9 Å². The first-order valence-corrected chi connectivity index (χ1v) is 7.05. The first-order chi connectivity index (χ1) is 8.63. The second kappa shape index (κ2) is 5.85. The fraction of sp³-hybridized carbons (Fsp3) is 0.625. The molecule has 100 valence electrons.